The molecule has 10 atom stereocenters. The van der Waals surface area contributed by atoms with Crippen LogP contribution in [0.3, 0.4) is 0 Å². The largest absolute Gasteiger partial charge is 0.394 e. The molecule has 0 aliphatic carbocycles. The minimum absolute atomic E-state index is 0.528. The summed E-state index contributed by atoms with van der Waals surface area (Å²) >= 11 is 0. The lowest BCUT2D eigenvalue weighted by Crippen LogP contribution is -2.63. The van der Waals surface area contributed by atoms with Gasteiger partial charge in [-0.1, -0.05) is 5.18 Å². The maximum atomic E-state index is 10.3. The van der Waals surface area contributed by atoms with Gasteiger partial charge in [0.15, 0.2) is 12.6 Å². The van der Waals surface area contributed by atoms with Gasteiger partial charge in [0, 0.05) is 0 Å². The minimum atomic E-state index is -1.75. The Bertz CT molecular complexity index is 424. The van der Waals surface area contributed by atoms with Crippen LogP contribution in [0.1, 0.15) is 0 Å². The molecule has 0 aromatic rings. The first-order chi connectivity index (χ1) is 11.3. The van der Waals surface area contributed by atoms with Gasteiger partial charge in [-0.15, -0.1) is 0 Å². The Balaban J connectivity index is 2.08. The Morgan fingerprint density at radius 2 is 1.21 bits per heavy atom. The van der Waals surface area contributed by atoms with Gasteiger partial charge in [0.2, 0.25) is 0 Å². The van der Waals surface area contributed by atoms with Gasteiger partial charge in [0.25, 0.3) is 0 Å². The third-order valence-corrected chi connectivity index (χ3v) is 4.04. The van der Waals surface area contributed by atoms with E-state index in [1.54, 1.807) is 0 Å². The maximum absolute atomic E-state index is 10.3. The van der Waals surface area contributed by atoms with Crippen LogP contribution in [0.2, 0.25) is 0 Å². The van der Waals surface area contributed by atoms with Crippen molar-refractivity contribution in [2.75, 3.05) is 13.2 Å². The number of aliphatic hydroxyl groups excluding tert-OH is 7. The standard InChI is InChI=1S/C12H21NO11/c14-2-4-6(16)8(18)10(20)12(23-4)24-11-9(19)7(17)5(15)3(22-11)1-13-21/h3-12,14-20H,1-2H2. The monoisotopic (exact) mass is 355 g/mol. The third-order valence-electron chi connectivity index (χ3n) is 4.04. The first kappa shape index (κ1) is 19.5. The molecule has 7 N–H and O–H groups in total. The molecule has 140 valence electrons. The fourth-order valence-electron chi connectivity index (χ4n) is 2.57. The van der Waals surface area contributed by atoms with E-state index < -0.39 is 74.6 Å². The zero-order valence-electron chi connectivity index (χ0n) is 12.4. The van der Waals surface area contributed by atoms with Crippen molar-refractivity contribution >= 4 is 0 Å². The molecule has 0 spiro atoms. The highest BCUT2D eigenvalue weighted by atomic mass is 16.8. The number of nitrogens with zero attached hydrogens (tertiary/aromatic N) is 1. The topological polar surface area (TPSA) is 199 Å². The van der Waals surface area contributed by atoms with Crippen molar-refractivity contribution < 1.29 is 50.0 Å². The smallest absolute Gasteiger partial charge is 0.189 e. The van der Waals surface area contributed by atoms with Crippen LogP contribution in [0.25, 0.3) is 0 Å². The molecule has 12 heteroatoms. The summed E-state index contributed by atoms with van der Waals surface area (Å²) in [5.74, 6) is 0. The summed E-state index contributed by atoms with van der Waals surface area (Å²) in [7, 11) is 0. The molecule has 10 unspecified atom stereocenters. The van der Waals surface area contributed by atoms with E-state index in [9.17, 15) is 35.5 Å². The van der Waals surface area contributed by atoms with E-state index in [0.717, 1.165) is 0 Å². The predicted octanol–water partition coefficient (Wildman–Crippen LogP) is -4.62. The highest BCUT2D eigenvalue weighted by molar-refractivity contribution is 4.92. The summed E-state index contributed by atoms with van der Waals surface area (Å²) in [6.45, 7) is -1.21. The predicted molar refractivity (Wildman–Crippen MR) is 72.2 cm³/mol. The fourth-order valence-corrected chi connectivity index (χ4v) is 2.57. The molecule has 2 fully saturated rings. The van der Waals surface area contributed by atoms with E-state index >= 15 is 0 Å². The van der Waals surface area contributed by atoms with E-state index in [1.807, 2.05) is 0 Å². The van der Waals surface area contributed by atoms with Gasteiger partial charge in [-0.3, -0.25) is 0 Å². The van der Waals surface area contributed by atoms with E-state index in [4.69, 9.17) is 19.3 Å². The quantitative estimate of drug-likeness (QED) is 0.234. The second-order valence-electron chi connectivity index (χ2n) is 5.66. The molecule has 0 aromatic carbocycles. The Morgan fingerprint density at radius 3 is 1.67 bits per heavy atom. The highest BCUT2D eigenvalue weighted by Crippen LogP contribution is 2.28. The van der Waals surface area contributed by atoms with Gasteiger partial charge in [-0.05, 0) is 0 Å². The van der Waals surface area contributed by atoms with Crippen molar-refractivity contribution in [2.24, 2.45) is 5.18 Å². The van der Waals surface area contributed by atoms with E-state index in [1.165, 1.54) is 0 Å². The lowest BCUT2D eigenvalue weighted by molar-refractivity contribution is -0.374. The third kappa shape index (κ3) is 3.72. The number of ether oxygens (including phenoxy) is 3. The summed E-state index contributed by atoms with van der Waals surface area (Å²) in [4.78, 5) is 10.3. The van der Waals surface area contributed by atoms with Crippen molar-refractivity contribution in [3.8, 4) is 0 Å². The van der Waals surface area contributed by atoms with E-state index in [-0.39, 0.29) is 0 Å². The number of aliphatic hydroxyl groups is 7. The molecule has 2 heterocycles. The summed E-state index contributed by atoms with van der Waals surface area (Å²) in [6.07, 6.45) is -15.9. The van der Waals surface area contributed by atoms with Crippen LogP contribution in [0.4, 0.5) is 0 Å². The molecule has 0 saturated carbocycles. The van der Waals surface area contributed by atoms with E-state index in [2.05, 4.69) is 5.18 Å². The zero-order valence-corrected chi connectivity index (χ0v) is 12.4. The molecule has 2 aliphatic rings. The SMILES string of the molecule is O=NCC1OC(OC2OC(CO)C(O)C(O)C2O)C(O)C(O)C1O. The number of hydrogen-bond acceptors (Lipinski definition) is 12. The molecule has 0 radical (unpaired) electrons. The van der Waals surface area contributed by atoms with Gasteiger partial charge in [-0.25, -0.2) is 0 Å². The molecule has 24 heavy (non-hydrogen) atoms. The van der Waals surface area contributed by atoms with Crippen molar-refractivity contribution in [3.05, 3.63) is 4.91 Å². The molecular weight excluding hydrogens is 334 g/mol. The first-order valence-electron chi connectivity index (χ1n) is 7.26. The molecule has 0 amide bonds. The minimum Gasteiger partial charge on any atom is -0.394 e. The Hall–Kier alpha value is -0.800. The van der Waals surface area contributed by atoms with Crippen LogP contribution in [0, 0.1) is 4.91 Å². The molecule has 2 saturated heterocycles. The second kappa shape index (κ2) is 8.05. The Morgan fingerprint density at radius 1 is 0.750 bits per heavy atom. The van der Waals surface area contributed by atoms with Crippen molar-refractivity contribution in [1.82, 2.24) is 0 Å². The van der Waals surface area contributed by atoms with Crippen molar-refractivity contribution in [1.29, 1.82) is 0 Å². The van der Waals surface area contributed by atoms with Gasteiger partial charge < -0.3 is 50.0 Å². The van der Waals surface area contributed by atoms with Crippen LogP contribution in [0.15, 0.2) is 5.18 Å². The van der Waals surface area contributed by atoms with Crippen LogP contribution < -0.4 is 0 Å². The van der Waals surface area contributed by atoms with Gasteiger partial charge in [0.05, 0.1) is 6.61 Å². The summed E-state index contributed by atoms with van der Waals surface area (Å²) in [5, 5.41) is 70.2. The molecular formula is C12H21NO11. The number of rotatable bonds is 5. The lowest BCUT2D eigenvalue weighted by atomic mass is 9.98. The number of nitroso groups, excluding NO2 is 1. The fraction of sp³-hybridized carbons (Fsp3) is 1.00. The molecule has 2 aliphatic heterocycles. The molecule has 12 nitrogen and oxygen atoms in total. The second-order valence-corrected chi connectivity index (χ2v) is 5.66. The molecule has 0 bridgehead atoms. The van der Waals surface area contributed by atoms with E-state index in [0.29, 0.717) is 0 Å². The van der Waals surface area contributed by atoms with Gasteiger partial charge in [0.1, 0.15) is 55.4 Å². The van der Waals surface area contributed by atoms with Gasteiger partial charge >= 0.3 is 0 Å². The Kier molecular flexibility index (Phi) is 6.55. The first-order valence-corrected chi connectivity index (χ1v) is 7.26. The normalized spacial score (nSPS) is 49.8. The summed E-state index contributed by atoms with van der Waals surface area (Å²) < 4.78 is 15.4. The average Bonchev–Trinajstić information content (AvgIpc) is 2.57. The maximum Gasteiger partial charge on any atom is 0.189 e. The van der Waals surface area contributed by atoms with Gasteiger partial charge in [-0.2, -0.15) is 4.91 Å². The van der Waals surface area contributed by atoms with Crippen LogP contribution >= 0.6 is 0 Å². The summed E-state index contributed by atoms with van der Waals surface area (Å²) in [5.41, 5.74) is 0. The number of hydrogen-bond donors (Lipinski definition) is 7. The molecule has 0 aromatic heterocycles. The van der Waals surface area contributed by atoms with Crippen molar-refractivity contribution in [2.45, 2.75) is 61.4 Å². The zero-order chi connectivity index (χ0) is 18.0. The molecule has 2 rings (SSSR count). The van der Waals surface area contributed by atoms with Crippen LogP contribution in [0.5, 0.6) is 0 Å². The highest BCUT2D eigenvalue weighted by Gasteiger charge is 2.49. The van der Waals surface area contributed by atoms with Crippen molar-refractivity contribution in [3.63, 3.8) is 0 Å². The summed E-state index contributed by atoms with van der Waals surface area (Å²) in [6, 6.07) is 0. The Labute approximate surface area is 135 Å². The van der Waals surface area contributed by atoms with Crippen LogP contribution in [-0.4, -0.2) is 110 Å². The van der Waals surface area contributed by atoms with Crippen LogP contribution in [-0.2, 0) is 14.2 Å². The lowest BCUT2D eigenvalue weighted by Gasteiger charge is -2.44. The average molecular weight is 355 g/mol.